The van der Waals surface area contributed by atoms with Crippen LogP contribution in [0.15, 0.2) is 72.8 Å². The number of aryl methyl sites for hydroxylation is 3. The van der Waals surface area contributed by atoms with E-state index >= 15 is 0 Å². The van der Waals surface area contributed by atoms with Gasteiger partial charge in [0.1, 0.15) is 17.2 Å². The summed E-state index contributed by atoms with van der Waals surface area (Å²) >= 11 is 0. The van der Waals surface area contributed by atoms with E-state index in [1.165, 1.54) is 209 Å². The van der Waals surface area contributed by atoms with Crippen molar-refractivity contribution in [2.45, 2.75) is 233 Å². The highest BCUT2D eigenvalue weighted by molar-refractivity contribution is 7.43. The van der Waals surface area contributed by atoms with Crippen molar-refractivity contribution in [3.63, 3.8) is 0 Å². The number of hydrogen-bond acceptors (Lipinski definition) is 3. The molecular weight excluding hydrogens is 728 g/mol. The van der Waals surface area contributed by atoms with E-state index in [2.05, 4.69) is 93.6 Å². The minimum atomic E-state index is -1.74. The fraction of sp³-hybridized carbons (Fsp3) is 0.667. The number of unbranched alkanes of at least 4 members (excludes halogenated alkanes) is 27. The van der Waals surface area contributed by atoms with Crippen molar-refractivity contribution in [1.29, 1.82) is 0 Å². The van der Waals surface area contributed by atoms with Crippen LogP contribution < -0.4 is 13.6 Å². The van der Waals surface area contributed by atoms with Gasteiger partial charge in [0.2, 0.25) is 0 Å². The van der Waals surface area contributed by atoms with Crippen molar-refractivity contribution < 1.29 is 13.6 Å². The van der Waals surface area contributed by atoms with Gasteiger partial charge < -0.3 is 13.6 Å². The molecule has 0 N–H and O–H groups in total. The second-order valence-corrected chi connectivity index (χ2v) is 18.1. The Labute approximate surface area is 360 Å². The summed E-state index contributed by atoms with van der Waals surface area (Å²) in [7, 11) is -1.74. The third kappa shape index (κ3) is 23.9. The molecule has 0 heterocycles. The molecule has 0 aliphatic rings. The van der Waals surface area contributed by atoms with Gasteiger partial charge in [-0.05, 0) is 73.4 Å². The van der Waals surface area contributed by atoms with Crippen molar-refractivity contribution in [3.8, 4) is 17.2 Å². The Balaban J connectivity index is 1.61. The Morgan fingerprint density at radius 2 is 0.483 bits per heavy atom. The number of para-hydroxylation sites is 3. The molecule has 0 fully saturated rings. The van der Waals surface area contributed by atoms with E-state index in [-0.39, 0.29) is 0 Å². The molecule has 0 aliphatic carbocycles. The van der Waals surface area contributed by atoms with Crippen molar-refractivity contribution in [2.75, 3.05) is 0 Å². The summed E-state index contributed by atoms with van der Waals surface area (Å²) in [5.41, 5.74) is 3.75. The van der Waals surface area contributed by atoms with Crippen LogP contribution in [0.2, 0.25) is 0 Å². The zero-order valence-corrected chi connectivity index (χ0v) is 38.8. The largest absolute Gasteiger partial charge is 0.530 e. The van der Waals surface area contributed by atoms with Crippen LogP contribution in [0.1, 0.15) is 230 Å². The highest BCUT2D eigenvalue weighted by Crippen LogP contribution is 2.45. The summed E-state index contributed by atoms with van der Waals surface area (Å²) in [6.45, 7) is 6.89. The monoisotopic (exact) mass is 815 g/mol. The van der Waals surface area contributed by atoms with Crippen molar-refractivity contribution in [2.24, 2.45) is 0 Å². The van der Waals surface area contributed by atoms with Gasteiger partial charge in [-0.1, -0.05) is 249 Å². The smallest absolute Gasteiger partial charge is 0.408 e. The maximum atomic E-state index is 6.84. The average molecular weight is 815 g/mol. The molecule has 58 heavy (non-hydrogen) atoms. The predicted molar refractivity (Wildman–Crippen MR) is 255 cm³/mol. The van der Waals surface area contributed by atoms with Gasteiger partial charge in [0.05, 0.1) is 0 Å². The maximum Gasteiger partial charge on any atom is 0.530 e. The van der Waals surface area contributed by atoms with Gasteiger partial charge in [-0.3, -0.25) is 0 Å². The summed E-state index contributed by atoms with van der Waals surface area (Å²) in [6.07, 6.45) is 43.3. The molecule has 0 saturated heterocycles. The Morgan fingerprint density at radius 3 is 0.724 bits per heavy atom. The second-order valence-electron chi connectivity index (χ2n) is 17.1. The maximum absolute atomic E-state index is 6.84. The highest BCUT2D eigenvalue weighted by atomic mass is 31.2. The Hall–Kier alpha value is -2.51. The third-order valence-corrected chi connectivity index (χ3v) is 12.9. The molecule has 0 spiro atoms. The standard InChI is InChI=1S/C54H87O3P/c1-4-7-10-13-16-19-22-25-28-31-40-49-43-34-37-46-52(49)55-58(56-53-47-38-35-44-50(53)41-32-29-26-23-20-17-14-11-8-5-2)57-54-48-39-36-45-51(54)42-33-30-27-24-21-18-15-12-9-6-3/h34-39,43-48H,4-33,40-42H2,1-3H3. The summed E-state index contributed by atoms with van der Waals surface area (Å²) in [4.78, 5) is 0. The van der Waals surface area contributed by atoms with Gasteiger partial charge in [0.25, 0.3) is 0 Å². The SMILES string of the molecule is CCCCCCCCCCCCc1ccccc1OP(Oc1ccccc1CCCCCCCCCCCC)Oc1ccccc1CCCCCCCCCCCC. The first kappa shape index (κ1) is 49.8. The zero-order chi connectivity index (χ0) is 41.0. The molecule has 4 heteroatoms. The topological polar surface area (TPSA) is 27.7 Å². The molecule has 0 amide bonds. The molecule has 0 aliphatic heterocycles. The Bertz CT molecular complexity index is 1210. The molecule has 0 aromatic heterocycles. The van der Waals surface area contributed by atoms with E-state index in [0.29, 0.717) is 0 Å². The zero-order valence-electron chi connectivity index (χ0n) is 37.9. The van der Waals surface area contributed by atoms with E-state index < -0.39 is 8.60 Å². The molecule has 0 radical (unpaired) electrons. The minimum Gasteiger partial charge on any atom is -0.408 e. The second kappa shape index (κ2) is 35.3. The predicted octanol–water partition coefficient (Wildman–Crippen LogP) is 18.8. The lowest BCUT2D eigenvalue weighted by atomic mass is 10.0. The molecule has 3 aromatic rings. The lowest BCUT2D eigenvalue weighted by Crippen LogP contribution is -2.06. The van der Waals surface area contributed by atoms with E-state index in [9.17, 15) is 0 Å². The molecule has 3 rings (SSSR count). The normalized spacial score (nSPS) is 11.4. The summed E-state index contributed by atoms with van der Waals surface area (Å²) in [5.74, 6) is 2.68. The summed E-state index contributed by atoms with van der Waals surface area (Å²) in [6, 6.07) is 25.7. The van der Waals surface area contributed by atoms with Gasteiger partial charge in [0, 0.05) is 0 Å². The lowest BCUT2D eigenvalue weighted by molar-refractivity contribution is 0.382. The van der Waals surface area contributed by atoms with E-state index in [1.807, 2.05) is 0 Å². The summed E-state index contributed by atoms with van der Waals surface area (Å²) < 4.78 is 20.5. The van der Waals surface area contributed by atoms with Gasteiger partial charge in [-0.25, -0.2) is 0 Å². The van der Waals surface area contributed by atoms with Crippen LogP contribution in [-0.2, 0) is 19.3 Å². The van der Waals surface area contributed by atoms with Crippen LogP contribution in [-0.4, -0.2) is 0 Å². The highest BCUT2D eigenvalue weighted by Gasteiger charge is 2.24. The van der Waals surface area contributed by atoms with E-state index in [0.717, 1.165) is 36.5 Å². The molecule has 3 aromatic carbocycles. The fourth-order valence-corrected chi connectivity index (χ4v) is 9.23. The third-order valence-electron chi connectivity index (χ3n) is 11.8. The number of rotatable bonds is 39. The molecule has 0 unspecified atom stereocenters. The number of benzene rings is 3. The molecule has 326 valence electrons. The van der Waals surface area contributed by atoms with Crippen LogP contribution in [0, 0.1) is 0 Å². The van der Waals surface area contributed by atoms with Crippen molar-refractivity contribution >= 4 is 8.60 Å². The minimum absolute atomic E-state index is 0.892. The first-order valence-electron chi connectivity index (χ1n) is 24.8. The molecular formula is C54H87O3P. The van der Waals surface area contributed by atoms with Crippen LogP contribution in [0.4, 0.5) is 0 Å². The van der Waals surface area contributed by atoms with E-state index in [1.54, 1.807) is 0 Å². The van der Waals surface area contributed by atoms with Gasteiger partial charge in [0.15, 0.2) is 0 Å². The Kier molecular flexibility index (Phi) is 30.3. The molecule has 3 nitrogen and oxygen atoms in total. The van der Waals surface area contributed by atoms with Crippen molar-refractivity contribution in [1.82, 2.24) is 0 Å². The Morgan fingerprint density at radius 1 is 0.276 bits per heavy atom. The van der Waals surface area contributed by atoms with E-state index in [4.69, 9.17) is 13.6 Å². The average Bonchev–Trinajstić information content (AvgIpc) is 3.24. The van der Waals surface area contributed by atoms with Crippen LogP contribution in [0.5, 0.6) is 17.2 Å². The molecule has 0 bridgehead atoms. The van der Waals surface area contributed by atoms with Gasteiger partial charge >= 0.3 is 8.60 Å². The van der Waals surface area contributed by atoms with Gasteiger partial charge in [-0.2, -0.15) is 0 Å². The molecule has 0 saturated carbocycles. The quantitative estimate of drug-likeness (QED) is 0.0424. The first-order chi connectivity index (χ1) is 28.7. The fourth-order valence-electron chi connectivity index (χ4n) is 8.10. The summed E-state index contributed by atoms with van der Waals surface area (Å²) in [5, 5.41) is 0. The van der Waals surface area contributed by atoms with Crippen LogP contribution in [0.3, 0.4) is 0 Å². The number of hydrogen-bond donors (Lipinski definition) is 0. The van der Waals surface area contributed by atoms with Crippen molar-refractivity contribution in [3.05, 3.63) is 89.5 Å². The van der Waals surface area contributed by atoms with Gasteiger partial charge in [-0.15, -0.1) is 0 Å². The van der Waals surface area contributed by atoms with Crippen LogP contribution in [0.25, 0.3) is 0 Å². The lowest BCUT2D eigenvalue weighted by Gasteiger charge is -2.22. The first-order valence-corrected chi connectivity index (χ1v) is 25.9. The van der Waals surface area contributed by atoms with Crippen LogP contribution >= 0.6 is 8.60 Å². The molecule has 0 atom stereocenters.